The maximum Gasteiger partial charge on any atom is 0.250 e. The molecule has 0 saturated heterocycles. The Hall–Kier alpha value is -0.593. The first-order valence-corrected chi connectivity index (χ1v) is 11.8. The lowest BCUT2D eigenvalue weighted by molar-refractivity contribution is 0.495. The van der Waals surface area contributed by atoms with Gasteiger partial charge in [0.25, 0.3) is 8.32 Å². The first kappa shape index (κ1) is 16.8. The van der Waals surface area contributed by atoms with Crippen molar-refractivity contribution < 1.29 is 4.43 Å². The topological polar surface area (TPSA) is 35.0 Å². The fourth-order valence-corrected chi connectivity index (χ4v) is 3.44. The summed E-state index contributed by atoms with van der Waals surface area (Å²) in [5.41, 5.74) is 0.883. The van der Waals surface area contributed by atoms with Gasteiger partial charge in [-0.15, -0.1) is 0 Å². The lowest BCUT2D eigenvalue weighted by Gasteiger charge is -2.36. The van der Waals surface area contributed by atoms with Crippen molar-refractivity contribution in [3.63, 3.8) is 0 Å². The highest BCUT2D eigenvalue weighted by Gasteiger charge is 2.39. The van der Waals surface area contributed by atoms with Gasteiger partial charge in [-0.2, -0.15) is 0 Å². The Balaban J connectivity index is 2.56. The van der Waals surface area contributed by atoms with Gasteiger partial charge in [-0.1, -0.05) is 48.5 Å². The van der Waals surface area contributed by atoms with Gasteiger partial charge >= 0.3 is 0 Å². The van der Waals surface area contributed by atoms with Crippen LogP contribution in [0.5, 0.6) is 5.75 Å². The Labute approximate surface area is 140 Å². The second kappa shape index (κ2) is 5.89. The van der Waals surface area contributed by atoms with Crippen molar-refractivity contribution in [1.29, 1.82) is 0 Å². The van der Waals surface area contributed by atoms with Gasteiger partial charge < -0.3 is 4.43 Å². The molecule has 0 spiro atoms. The molecule has 0 aliphatic heterocycles. The minimum Gasteiger partial charge on any atom is -0.542 e. The smallest absolute Gasteiger partial charge is 0.250 e. The van der Waals surface area contributed by atoms with Crippen molar-refractivity contribution in [2.24, 2.45) is 0 Å². The molecule has 2 rings (SSSR count). The summed E-state index contributed by atoms with van der Waals surface area (Å²) < 4.78 is 7.45. The van der Waals surface area contributed by atoms with Crippen LogP contribution in [0.4, 0.5) is 0 Å². The number of rotatable bonds is 3. The molecule has 1 aromatic carbocycles. The molecule has 0 N–H and O–H groups in total. The van der Waals surface area contributed by atoms with Gasteiger partial charge in [0.2, 0.25) is 0 Å². The van der Waals surface area contributed by atoms with E-state index in [1.807, 2.05) is 24.6 Å². The van der Waals surface area contributed by atoms with Gasteiger partial charge in [0.05, 0.1) is 0 Å². The highest BCUT2D eigenvalue weighted by molar-refractivity contribution is 9.10. The Kier molecular flexibility index (Phi) is 4.71. The summed E-state index contributed by atoms with van der Waals surface area (Å²) in [4.78, 5) is 8.99. The maximum atomic E-state index is 6.45. The molecule has 0 atom stereocenters. The quantitative estimate of drug-likeness (QED) is 0.397. The highest BCUT2D eigenvalue weighted by atomic mass is 79.9. The fraction of sp³-hybridized carbons (Fsp3) is 0.467. The minimum atomic E-state index is -1.89. The monoisotopic (exact) mass is 384 g/mol. The van der Waals surface area contributed by atoms with E-state index in [1.54, 1.807) is 0 Å². The van der Waals surface area contributed by atoms with Crippen molar-refractivity contribution in [2.45, 2.75) is 44.1 Å². The third-order valence-electron chi connectivity index (χ3n) is 3.99. The average molecular weight is 385 g/mol. The van der Waals surface area contributed by atoms with Gasteiger partial charge in [-0.05, 0) is 36.5 Å². The molecule has 6 heteroatoms. The van der Waals surface area contributed by atoms with Gasteiger partial charge in [0, 0.05) is 16.1 Å². The second-order valence-electron chi connectivity index (χ2n) is 6.53. The summed E-state index contributed by atoms with van der Waals surface area (Å²) in [7, 11) is -1.89. The molecule has 2 aromatic rings. The summed E-state index contributed by atoms with van der Waals surface area (Å²) in [5.74, 6) is 0.859. The van der Waals surface area contributed by atoms with Gasteiger partial charge in [0.15, 0.2) is 5.16 Å². The van der Waals surface area contributed by atoms with Gasteiger partial charge in [0.1, 0.15) is 11.3 Å². The Morgan fingerprint density at radius 2 is 1.90 bits per heavy atom. The SMILES string of the molecule is CSc1ncc2c(Br)ccc(O[Si](C)(C)C(C)(C)C)c2n1. The van der Waals surface area contributed by atoms with Crippen LogP contribution in [0.1, 0.15) is 20.8 Å². The molecule has 1 aromatic heterocycles. The lowest BCUT2D eigenvalue weighted by atomic mass is 10.2. The number of nitrogens with zero attached hydrogens (tertiary/aromatic N) is 2. The molecule has 0 bridgehead atoms. The largest absolute Gasteiger partial charge is 0.542 e. The molecule has 21 heavy (non-hydrogen) atoms. The van der Waals surface area contributed by atoms with E-state index >= 15 is 0 Å². The summed E-state index contributed by atoms with van der Waals surface area (Å²) in [6.07, 6.45) is 3.84. The van der Waals surface area contributed by atoms with E-state index in [1.165, 1.54) is 11.8 Å². The van der Waals surface area contributed by atoms with Crippen LogP contribution >= 0.6 is 27.7 Å². The highest BCUT2D eigenvalue weighted by Crippen LogP contribution is 2.40. The molecule has 0 unspecified atom stereocenters. The number of hydrogen-bond acceptors (Lipinski definition) is 4. The van der Waals surface area contributed by atoms with Gasteiger partial charge in [-0.3, -0.25) is 0 Å². The molecule has 0 aliphatic carbocycles. The van der Waals surface area contributed by atoms with E-state index < -0.39 is 8.32 Å². The Bertz CT molecular complexity index is 671. The van der Waals surface area contributed by atoms with E-state index in [0.717, 1.165) is 26.3 Å². The van der Waals surface area contributed by atoms with E-state index in [4.69, 9.17) is 4.43 Å². The van der Waals surface area contributed by atoms with E-state index in [-0.39, 0.29) is 5.04 Å². The first-order valence-electron chi connectivity index (χ1n) is 6.84. The Morgan fingerprint density at radius 1 is 1.24 bits per heavy atom. The van der Waals surface area contributed by atoms with Crippen LogP contribution in [0.25, 0.3) is 10.9 Å². The fourth-order valence-electron chi connectivity index (χ4n) is 1.65. The standard InChI is InChI=1S/C15H21BrN2OSSi/c1-15(2,3)21(5,6)19-12-8-7-11(16)10-9-17-14(20-4)18-13(10)12/h7-9H,1-6H3. The van der Waals surface area contributed by atoms with Crippen LogP contribution in [-0.2, 0) is 0 Å². The zero-order valence-corrected chi connectivity index (χ0v) is 16.7. The van der Waals surface area contributed by atoms with E-state index in [9.17, 15) is 0 Å². The van der Waals surface area contributed by atoms with Crippen LogP contribution in [0.15, 0.2) is 28.0 Å². The number of hydrogen-bond donors (Lipinski definition) is 0. The number of fused-ring (bicyclic) bond motifs is 1. The van der Waals surface area contributed by atoms with Crippen molar-refractivity contribution in [3.8, 4) is 5.75 Å². The molecule has 0 fully saturated rings. The number of halogens is 1. The van der Waals surface area contributed by atoms with Crippen LogP contribution < -0.4 is 4.43 Å². The van der Waals surface area contributed by atoms with Crippen molar-refractivity contribution >= 4 is 46.9 Å². The zero-order valence-electron chi connectivity index (χ0n) is 13.3. The summed E-state index contributed by atoms with van der Waals surface area (Å²) >= 11 is 5.11. The van der Waals surface area contributed by atoms with Crippen molar-refractivity contribution in [1.82, 2.24) is 9.97 Å². The van der Waals surface area contributed by atoms with Crippen LogP contribution in [0.2, 0.25) is 18.1 Å². The lowest BCUT2D eigenvalue weighted by Crippen LogP contribution is -2.43. The number of thioether (sulfide) groups is 1. The molecule has 0 aliphatic rings. The molecule has 1 heterocycles. The molecule has 3 nitrogen and oxygen atoms in total. The predicted molar refractivity (Wildman–Crippen MR) is 96.8 cm³/mol. The molecule has 0 saturated carbocycles. The average Bonchev–Trinajstić information content (AvgIpc) is 2.40. The zero-order chi connectivity index (χ0) is 15.8. The normalized spacial score (nSPS) is 12.7. The molecule has 0 amide bonds. The second-order valence-corrected chi connectivity index (χ2v) is 12.9. The molecule has 0 radical (unpaired) electrons. The molecule has 114 valence electrons. The Morgan fingerprint density at radius 3 is 2.48 bits per heavy atom. The predicted octanol–water partition coefficient (Wildman–Crippen LogP) is 5.50. The van der Waals surface area contributed by atoms with E-state index in [2.05, 4.69) is 59.8 Å². The summed E-state index contributed by atoms with van der Waals surface area (Å²) in [6, 6.07) is 4.01. The van der Waals surface area contributed by atoms with Crippen LogP contribution in [-0.4, -0.2) is 24.5 Å². The van der Waals surface area contributed by atoms with Crippen molar-refractivity contribution in [3.05, 3.63) is 22.8 Å². The van der Waals surface area contributed by atoms with Gasteiger partial charge in [-0.25, -0.2) is 9.97 Å². The van der Waals surface area contributed by atoms with Crippen LogP contribution in [0.3, 0.4) is 0 Å². The minimum absolute atomic E-state index is 0.155. The van der Waals surface area contributed by atoms with Crippen LogP contribution in [0, 0.1) is 0 Å². The van der Waals surface area contributed by atoms with E-state index in [0.29, 0.717) is 0 Å². The maximum absolute atomic E-state index is 6.45. The summed E-state index contributed by atoms with van der Waals surface area (Å²) in [5, 5.41) is 1.91. The number of aromatic nitrogens is 2. The third kappa shape index (κ3) is 3.43. The number of benzene rings is 1. The first-order chi connectivity index (χ1) is 9.65. The molecular formula is C15H21BrN2OSSi. The summed E-state index contributed by atoms with van der Waals surface area (Å²) in [6.45, 7) is 11.2. The third-order valence-corrected chi connectivity index (χ3v) is 9.59. The molecular weight excluding hydrogens is 364 g/mol. The van der Waals surface area contributed by atoms with Crippen molar-refractivity contribution in [2.75, 3.05) is 6.26 Å².